The third-order valence-electron chi connectivity index (χ3n) is 1.94. The number of hydrogen-bond acceptors (Lipinski definition) is 1. The lowest BCUT2D eigenvalue weighted by molar-refractivity contribution is 0.612. The van der Waals surface area contributed by atoms with Crippen LogP contribution in [0.15, 0.2) is 23.8 Å². The lowest BCUT2D eigenvalue weighted by atomic mass is 10.0. The van der Waals surface area contributed by atoms with Crippen LogP contribution in [0.25, 0.3) is 0 Å². The van der Waals surface area contributed by atoms with Crippen LogP contribution in [0.1, 0.15) is 13.3 Å². The number of rotatable bonds is 3. The van der Waals surface area contributed by atoms with Crippen molar-refractivity contribution in [3.8, 4) is 0 Å². The number of nitrogens with one attached hydrogen (secondary N) is 1. The first-order valence-electron chi connectivity index (χ1n) is 3.84. The average molecular weight is 137 g/mol. The van der Waals surface area contributed by atoms with Crippen LogP contribution in [0.5, 0.6) is 0 Å². The average Bonchev–Trinajstić information content (AvgIpc) is 2.38. The minimum Gasteiger partial charge on any atom is -0.319 e. The molecule has 0 spiro atoms. The Bertz CT molecular complexity index is 156. The Hall–Kier alpha value is -0.560. The zero-order valence-corrected chi connectivity index (χ0v) is 6.72. The molecule has 1 unspecified atom stereocenters. The maximum absolute atomic E-state index is 3.18. The fraction of sp³-hybridized carbons (Fsp3) is 0.556. The van der Waals surface area contributed by atoms with Crippen LogP contribution >= 0.6 is 0 Å². The maximum Gasteiger partial charge on any atom is 0.00114 e. The molecule has 0 fully saturated rings. The molecule has 0 heterocycles. The summed E-state index contributed by atoms with van der Waals surface area (Å²) in [6.45, 7) is 3.35. The number of hydrogen-bond donors (Lipinski definition) is 1. The van der Waals surface area contributed by atoms with Gasteiger partial charge in [-0.25, -0.2) is 0 Å². The summed E-state index contributed by atoms with van der Waals surface area (Å²) in [5.74, 6) is 0.694. The van der Waals surface area contributed by atoms with Gasteiger partial charge in [-0.2, -0.15) is 0 Å². The molecular weight excluding hydrogens is 122 g/mol. The van der Waals surface area contributed by atoms with Crippen molar-refractivity contribution in [3.63, 3.8) is 0 Å². The van der Waals surface area contributed by atoms with Gasteiger partial charge in [0, 0.05) is 6.54 Å². The summed E-state index contributed by atoms with van der Waals surface area (Å²) < 4.78 is 0. The normalized spacial score (nSPS) is 19.2. The van der Waals surface area contributed by atoms with Gasteiger partial charge in [-0.3, -0.25) is 0 Å². The molecule has 0 saturated carbocycles. The summed E-state index contributed by atoms with van der Waals surface area (Å²) >= 11 is 0. The zero-order valence-electron chi connectivity index (χ0n) is 6.72. The topological polar surface area (TPSA) is 12.0 Å². The van der Waals surface area contributed by atoms with Crippen LogP contribution in [-0.2, 0) is 0 Å². The van der Waals surface area contributed by atoms with Crippen molar-refractivity contribution in [2.45, 2.75) is 13.3 Å². The SMILES string of the molecule is CNCC(C)C1=CC=CC1. The molecule has 0 saturated heterocycles. The maximum atomic E-state index is 3.18. The van der Waals surface area contributed by atoms with Gasteiger partial charge in [-0.05, 0) is 19.4 Å². The molecule has 10 heavy (non-hydrogen) atoms. The van der Waals surface area contributed by atoms with Gasteiger partial charge in [-0.15, -0.1) is 0 Å². The van der Waals surface area contributed by atoms with E-state index in [0.29, 0.717) is 5.92 Å². The first kappa shape index (κ1) is 7.55. The van der Waals surface area contributed by atoms with Gasteiger partial charge in [0.2, 0.25) is 0 Å². The first-order chi connectivity index (χ1) is 4.84. The Labute approximate surface area is 62.8 Å². The monoisotopic (exact) mass is 137 g/mol. The summed E-state index contributed by atoms with van der Waals surface area (Å²) in [5.41, 5.74) is 1.55. The molecule has 1 nitrogen and oxygen atoms in total. The molecule has 0 bridgehead atoms. The van der Waals surface area contributed by atoms with E-state index < -0.39 is 0 Å². The van der Waals surface area contributed by atoms with Crippen molar-refractivity contribution in [1.29, 1.82) is 0 Å². The van der Waals surface area contributed by atoms with E-state index in [1.165, 1.54) is 0 Å². The van der Waals surface area contributed by atoms with Gasteiger partial charge in [0.15, 0.2) is 0 Å². The van der Waals surface area contributed by atoms with Gasteiger partial charge in [-0.1, -0.05) is 30.7 Å². The molecule has 1 aliphatic carbocycles. The fourth-order valence-corrected chi connectivity index (χ4v) is 1.27. The van der Waals surface area contributed by atoms with Gasteiger partial charge < -0.3 is 5.32 Å². The highest BCUT2D eigenvalue weighted by molar-refractivity contribution is 5.24. The third-order valence-corrected chi connectivity index (χ3v) is 1.94. The van der Waals surface area contributed by atoms with E-state index in [1.807, 2.05) is 7.05 Å². The molecule has 0 aromatic heterocycles. The first-order valence-corrected chi connectivity index (χ1v) is 3.84. The molecule has 0 aromatic carbocycles. The number of allylic oxidation sites excluding steroid dienone is 3. The summed E-state index contributed by atoms with van der Waals surface area (Å²) in [5, 5.41) is 3.18. The van der Waals surface area contributed by atoms with Gasteiger partial charge >= 0.3 is 0 Å². The highest BCUT2D eigenvalue weighted by Crippen LogP contribution is 2.18. The molecule has 1 rings (SSSR count). The van der Waals surface area contributed by atoms with E-state index in [0.717, 1.165) is 13.0 Å². The quantitative estimate of drug-likeness (QED) is 0.624. The molecule has 1 heteroatoms. The van der Waals surface area contributed by atoms with Crippen LogP contribution in [0, 0.1) is 5.92 Å². The van der Waals surface area contributed by atoms with Crippen LogP contribution in [0.2, 0.25) is 0 Å². The predicted octanol–water partition coefficient (Wildman–Crippen LogP) is 1.73. The summed E-state index contributed by atoms with van der Waals surface area (Å²) in [6.07, 6.45) is 7.73. The van der Waals surface area contributed by atoms with Gasteiger partial charge in [0.25, 0.3) is 0 Å². The van der Waals surface area contributed by atoms with E-state index in [-0.39, 0.29) is 0 Å². The Kier molecular flexibility index (Phi) is 2.69. The Morgan fingerprint density at radius 1 is 1.70 bits per heavy atom. The van der Waals surface area contributed by atoms with E-state index >= 15 is 0 Å². The van der Waals surface area contributed by atoms with Crippen LogP contribution < -0.4 is 5.32 Å². The van der Waals surface area contributed by atoms with E-state index in [2.05, 4.69) is 30.5 Å². The molecule has 1 atom stereocenters. The Balaban J connectivity index is 2.35. The standard InChI is InChI=1S/C9H15N/c1-8(7-10-2)9-5-3-4-6-9/h3-5,8,10H,6-7H2,1-2H3. The van der Waals surface area contributed by atoms with Crippen molar-refractivity contribution in [3.05, 3.63) is 23.8 Å². The van der Waals surface area contributed by atoms with E-state index in [1.54, 1.807) is 5.57 Å². The molecule has 1 N–H and O–H groups in total. The van der Waals surface area contributed by atoms with E-state index in [9.17, 15) is 0 Å². The Morgan fingerprint density at radius 3 is 3.00 bits per heavy atom. The van der Waals surface area contributed by atoms with Crippen molar-refractivity contribution < 1.29 is 0 Å². The second-order valence-corrected chi connectivity index (χ2v) is 2.83. The highest BCUT2D eigenvalue weighted by atomic mass is 14.8. The highest BCUT2D eigenvalue weighted by Gasteiger charge is 2.07. The lowest BCUT2D eigenvalue weighted by Crippen LogP contribution is -2.17. The van der Waals surface area contributed by atoms with E-state index in [4.69, 9.17) is 0 Å². The largest absolute Gasteiger partial charge is 0.319 e. The molecule has 0 aromatic rings. The summed E-state index contributed by atoms with van der Waals surface area (Å²) in [6, 6.07) is 0. The summed E-state index contributed by atoms with van der Waals surface area (Å²) in [7, 11) is 2.00. The minimum atomic E-state index is 0.694. The van der Waals surface area contributed by atoms with Crippen molar-refractivity contribution in [1.82, 2.24) is 5.32 Å². The predicted molar refractivity (Wildman–Crippen MR) is 44.9 cm³/mol. The van der Waals surface area contributed by atoms with Crippen LogP contribution in [0.4, 0.5) is 0 Å². The van der Waals surface area contributed by atoms with Crippen molar-refractivity contribution >= 4 is 0 Å². The molecule has 0 radical (unpaired) electrons. The zero-order chi connectivity index (χ0) is 7.40. The van der Waals surface area contributed by atoms with Crippen molar-refractivity contribution in [2.75, 3.05) is 13.6 Å². The lowest BCUT2D eigenvalue weighted by Gasteiger charge is -2.10. The molecule has 0 amide bonds. The smallest absolute Gasteiger partial charge is 0.00114 e. The van der Waals surface area contributed by atoms with Crippen LogP contribution in [-0.4, -0.2) is 13.6 Å². The molecule has 56 valence electrons. The second-order valence-electron chi connectivity index (χ2n) is 2.83. The van der Waals surface area contributed by atoms with Gasteiger partial charge in [0.05, 0.1) is 0 Å². The molecule has 0 aliphatic heterocycles. The second kappa shape index (κ2) is 3.57. The minimum absolute atomic E-state index is 0.694. The Morgan fingerprint density at radius 2 is 2.50 bits per heavy atom. The third kappa shape index (κ3) is 1.71. The summed E-state index contributed by atoms with van der Waals surface area (Å²) in [4.78, 5) is 0. The molecule has 1 aliphatic rings. The fourth-order valence-electron chi connectivity index (χ4n) is 1.27. The van der Waals surface area contributed by atoms with Crippen molar-refractivity contribution in [2.24, 2.45) is 5.92 Å². The van der Waals surface area contributed by atoms with Gasteiger partial charge in [0.1, 0.15) is 0 Å². The molecular formula is C9H15N. The van der Waals surface area contributed by atoms with Crippen LogP contribution in [0.3, 0.4) is 0 Å².